The van der Waals surface area contributed by atoms with Crippen molar-refractivity contribution in [3.8, 4) is 11.5 Å². The number of para-hydroxylation sites is 1. The summed E-state index contributed by atoms with van der Waals surface area (Å²) in [5, 5.41) is 3.12. The van der Waals surface area contributed by atoms with E-state index >= 15 is 0 Å². The summed E-state index contributed by atoms with van der Waals surface area (Å²) >= 11 is 0. The number of urea groups is 1. The number of carbonyl (C=O) groups is 1. The van der Waals surface area contributed by atoms with Crippen LogP contribution in [0.1, 0.15) is 51.0 Å². The third kappa shape index (κ3) is 7.80. The molecule has 2 heterocycles. The second-order valence-corrected chi connectivity index (χ2v) is 12.9. The summed E-state index contributed by atoms with van der Waals surface area (Å²) in [5.41, 5.74) is 2.58. The van der Waals surface area contributed by atoms with Crippen LogP contribution in [0.3, 0.4) is 0 Å². The number of piperidine rings is 1. The Morgan fingerprint density at radius 1 is 0.902 bits per heavy atom. The van der Waals surface area contributed by atoms with Gasteiger partial charge in [-0.15, -0.1) is 0 Å². The number of anilines is 2. The van der Waals surface area contributed by atoms with Crippen LogP contribution in [0.4, 0.5) is 16.2 Å². The number of nitrogens with one attached hydrogen (secondary N) is 2. The maximum atomic E-state index is 13.3. The Morgan fingerprint density at radius 2 is 1.51 bits per heavy atom. The summed E-state index contributed by atoms with van der Waals surface area (Å²) in [4.78, 5) is 18.0. The van der Waals surface area contributed by atoms with Crippen LogP contribution in [0.5, 0.6) is 11.5 Å². The average Bonchev–Trinajstić information content (AvgIpc) is 3.17. The van der Waals surface area contributed by atoms with Crippen molar-refractivity contribution in [1.29, 1.82) is 0 Å². The van der Waals surface area contributed by atoms with Crippen LogP contribution in [-0.4, -0.2) is 55.2 Å². The number of fused-ring (bicyclic) bond motifs is 2. The highest BCUT2D eigenvalue weighted by atomic mass is 32.2. The Labute approximate surface area is 243 Å². The number of ether oxygens (including phenoxy) is 1. The molecule has 0 saturated carbocycles. The summed E-state index contributed by atoms with van der Waals surface area (Å²) in [6.45, 7) is 3.85. The smallest absolute Gasteiger partial charge is 0.322 e. The van der Waals surface area contributed by atoms with E-state index in [1.165, 1.54) is 18.4 Å². The maximum Gasteiger partial charge on any atom is 0.322 e. The van der Waals surface area contributed by atoms with Crippen molar-refractivity contribution < 1.29 is 17.9 Å². The van der Waals surface area contributed by atoms with Gasteiger partial charge in [-0.3, -0.25) is 9.62 Å². The fourth-order valence-corrected chi connectivity index (χ4v) is 6.63. The summed E-state index contributed by atoms with van der Waals surface area (Å²) in [5.74, 6) is 1.37. The van der Waals surface area contributed by atoms with E-state index in [2.05, 4.69) is 38.9 Å². The van der Waals surface area contributed by atoms with Crippen LogP contribution >= 0.6 is 0 Å². The third-order valence-corrected chi connectivity index (χ3v) is 8.63. The molecule has 2 aliphatic rings. The predicted octanol–water partition coefficient (Wildman–Crippen LogP) is 6.68. The number of hydrogen-bond donors (Lipinski definition) is 2. The lowest BCUT2D eigenvalue weighted by atomic mass is 9.95. The summed E-state index contributed by atoms with van der Waals surface area (Å²) in [6, 6.07) is 26.0. The Morgan fingerprint density at radius 3 is 2.10 bits per heavy atom. The average molecular weight is 577 g/mol. The fraction of sp³-hybridized carbons (Fsp3) is 0.406. The molecule has 5 rings (SSSR count). The van der Waals surface area contributed by atoms with Crippen LogP contribution in [0.25, 0.3) is 0 Å². The van der Waals surface area contributed by atoms with Gasteiger partial charge in [-0.1, -0.05) is 43.7 Å². The molecule has 2 unspecified atom stereocenters. The monoisotopic (exact) mass is 576 g/mol. The van der Waals surface area contributed by atoms with Gasteiger partial charge in [-0.2, -0.15) is 0 Å². The number of sulfonamides is 1. The van der Waals surface area contributed by atoms with Crippen LogP contribution in [0.15, 0.2) is 78.9 Å². The molecule has 3 aromatic rings. The molecule has 2 fully saturated rings. The van der Waals surface area contributed by atoms with Gasteiger partial charge in [0.05, 0.1) is 6.26 Å². The van der Waals surface area contributed by atoms with E-state index in [0.29, 0.717) is 23.5 Å². The molecule has 2 saturated heterocycles. The highest BCUT2D eigenvalue weighted by Crippen LogP contribution is 2.39. The SMILES string of the molecule is CCCCN(C(=O)Nc1ccccc1)C1CC2CCC(C1)N2Cc1ccc(Oc2ccc(NS(C)(=O)=O)cc2)cc1. The van der Waals surface area contributed by atoms with E-state index < -0.39 is 10.0 Å². The lowest BCUT2D eigenvalue weighted by molar-refractivity contribution is 0.0696. The molecule has 2 atom stereocenters. The van der Waals surface area contributed by atoms with E-state index in [4.69, 9.17) is 4.74 Å². The van der Waals surface area contributed by atoms with Gasteiger partial charge in [0, 0.05) is 42.6 Å². The lowest BCUT2D eigenvalue weighted by Gasteiger charge is -2.43. The zero-order valence-corrected chi connectivity index (χ0v) is 24.6. The molecule has 0 radical (unpaired) electrons. The first-order valence-electron chi connectivity index (χ1n) is 14.5. The Balaban J connectivity index is 1.18. The minimum atomic E-state index is -3.31. The molecule has 8 nitrogen and oxygen atoms in total. The van der Waals surface area contributed by atoms with E-state index in [9.17, 15) is 13.2 Å². The number of hydrogen-bond acceptors (Lipinski definition) is 5. The van der Waals surface area contributed by atoms with Gasteiger partial charge in [0.1, 0.15) is 11.5 Å². The number of amides is 2. The first-order valence-corrected chi connectivity index (χ1v) is 16.4. The number of benzene rings is 3. The molecule has 218 valence electrons. The molecule has 2 aliphatic heterocycles. The van der Waals surface area contributed by atoms with Crippen LogP contribution in [-0.2, 0) is 16.6 Å². The highest BCUT2D eigenvalue weighted by molar-refractivity contribution is 7.92. The van der Waals surface area contributed by atoms with Gasteiger partial charge >= 0.3 is 6.03 Å². The zero-order chi connectivity index (χ0) is 28.8. The first kappa shape index (κ1) is 29.0. The van der Waals surface area contributed by atoms with Crippen molar-refractivity contribution in [3.63, 3.8) is 0 Å². The fourth-order valence-electron chi connectivity index (χ4n) is 6.07. The maximum absolute atomic E-state index is 13.3. The van der Waals surface area contributed by atoms with Crippen molar-refractivity contribution in [3.05, 3.63) is 84.4 Å². The Hall–Kier alpha value is -3.56. The van der Waals surface area contributed by atoms with E-state index in [1.54, 1.807) is 24.3 Å². The van der Waals surface area contributed by atoms with Gasteiger partial charge in [-0.25, -0.2) is 13.2 Å². The first-order chi connectivity index (χ1) is 19.8. The number of carbonyl (C=O) groups excluding carboxylic acids is 1. The van der Waals surface area contributed by atoms with Crippen molar-refractivity contribution in [2.75, 3.05) is 22.8 Å². The highest BCUT2D eigenvalue weighted by Gasteiger charge is 2.43. The molecule has 2 N–H and O–H groups in total. The number of unbranched alkanes of at least 4 members (excludes halogenated alkanes) is 1. The van der Waals surface area contributed by atoms with Gasteiger partial charge in [0.25, 0.3) is 0 Å². The van der Waals surface area contributed by atoms with Gasteiger partial charge in [0.2, 0.25) is 10.0 Å². The standard InChI is InChI=1S/C32H40N4O4S/c1-3-4-20-35(32(37)33-25-8-6-5-7-9-25)29-21-27-14-15-28(22-29)36(27)23-24-10-16-30(17-11-24)40-31-18-12-26(13-19-31)34-41(2,38)39/h5-13,16-19,27-29,34H,3-4,14-15,20-23H2,1-2H3,(H,33,37). The Kier molecular flexibility index (Phi) is 9.15. The van der Waals surface area contributed by atoms with E-state index in [-0.39, 0.29) is 12.1 Å². The number of rotatable bonds is 11. The van der Waals surface area contributed by atoms with Crippen molar-refractivity contribution in [2.45, 2.75) is 70.1 Å². The normalized spacial score (nSPS) is 20.4. The van der Waals surface area contributed by atoms with Gasteiger partial charge < -0.3 is 15.0 Å². The topological polar surface area (TPSA) is 91.0 Å². The second-order valence-electron chi connectivity index (χ2n) is 11.2. The minimum Gasteiger partial charge on any atom is -0.457 e. The molecule has 0 aromatic heterocycles. The molecule has 0 spiro atoms. The second kappa shape index (κ2) is 13.0. The quantitative estimate of drug-likeness (QED) is 0.266. The molecule has 41 heavy (non-hydrogen) atoms. The minimum absolute atomic E-state index is 0.0133. The van der Waals surface area contributed by atoms with E-state index in [1.807, 2.05) is 42.5 Å². The van der Waals surface area contributed by atoms with Crippen LogP contribution in [0, 0.1) is 0 Å². The summed E-state index contributed by atoms with van der Waals surface area (Å²) < 4.78 is 31.2. The molecular weight excluding hydrogens is 536 g/mol. The lowest BCUT2D eigenvalue weighted by Crippen LogP contribution is -2.52. The van der Waals surface area contributed by atoms with Crippen LogP contribution in [0.2, 0.25) is 0 Å². The van der Waals surface area contributed by atoms with Crippen molar-refractivity contribution in [2.24, 2.45) is 0 Å². The van der Waals surface area contributed by atoms with Gasteiger partial charge in [0.15, 0.2) is 0 Å². The van der Waals surface area contributed by atoms with Crippen molar-refractivity contribution in [1.82, 2.24) is 9.80 Å². The molecule has 2 bridgehead atoms. The van der Waals surface area contributed by atoms with E-state index in [0.717, 1.165) is 56.5 Å². The Bertz CT molecular complexity index is 1380. The summed E-state index contributed by atoms with van der Waals surface area (Å²) in [6.07, 6.45) is 7.56. The van der Waals surface area contributed by atoms with Gasteiger partial charge in [-0.05, 0) is 86.2 Å². The molecule has 3 aromatic carbocycles. The number of nitrogens with zero attached hydrogens (tertiary/aromatic N) is 2. The zero-order valence-electron chi connectivity index (χ0n) is 23.8. The van der Waals surface area contributed by atoms with Crippen LogP contribution < -0.4 is 14.8 Å². The molecular formula is C32H40N4O4S. The molecule has 9 heteroatoms. The molecule has 0 aliphatic carbocycles. The largest absolute Gasteiger partial charge is 0.457 e. The predicted molar refractivity (Wildman–Crippen MR) is 164 cm³/mol. The third-order valence-electron chi connectivity index (χ3n) is 8.02. The van der Waals surface area contributed by atoms with Crippen molar-refractivity contribution >= 4 is 27.4 Å². The molecule has 2 amide bonds. The summed E-state index contributed by atoms with van der Waals surface area (Å²) in [7, 11) is -3.31.